The average molecular weight is 327 g/mol. The Morgan fingerprint density at radius 3 is 2.35 bits per heavy atom. The largest absolute Gasteiger partial charge is 0.494 e. The van der Waals surface area contributed by atoms with E-state index in [0.29, 0.717) is 12.2 Å². The van der Waals surface area contributed by atoms with Crippen LogP contribution >= 0.6 is 11.8 Å². The van der Waals surface area contributed by atoms with Crippen molar-refractivity contribution in [3.8, 4) is 5.75 Å². The van der Waals surface area contributed by atoms with Gasteiger partial charge in [0.05, 0.1) is 11.6 Å². The highest BCUT2D eigenvalue weighted by Crippen LogP contribution is 2.19. The van der Waals surface area contributed by atoms with Crippen LogP contribution in [0, 0.1) is 6.92 Å². The molecule has 2 aromatic rings. The Balaban J connectivity index is 2.09. The number of carbonyl (C=O) groups excluding carboxylic acids is 1. The maximum absolute atomic E-state index is 12.4. The van der Waals surface area contributed by atoms with Gasteiger partial charge in [0.2, 0.25) is 0 Å². The van der Waals surface area contributed by atoms with Crippen LogP contribution in [0.2, 0.25) is 0 Å². The Morgan fingerprint density at radius 2 is 1.78 bits per heavy atom. The molecule has 0 heterocycles. The highest BCUT2D eigenvalue weighted by Gasteiger charge is 2.06. The minimum Gasteiger partial charge on any atom is -0.494 e. The van der Waals surface area contributed by atoms with Crippen molar-refractivity contribution in [3.63, 3.8) is 0 Å². The number of hydrogen-bond donors (Lipinski definition) is 1. The topological polar surface area (TPSA) is 38.3 Å². The summed E-state index contributed by atoms with van der Waals surface area (Å²) in [5.74, 6) is 0.743. The summed E-state index contributed by atoms with van der Waals surface area (Å²) in [6.07, 6.45) is 3.57. The van der Waals surface area contributed by atoms with Crippen molar-refractivity contribution in [1.82, 2.24) is 0 Å². The van der Waals surface area contributed by atoms with Gasteiger partial charge < -0.3 is 10.1 Å². The van der Waals surface area contributed by atoms with Crippen LogP contribution in [0.3, 0.4) is 0 Å². The zero-order valence-electron chi connectivity index (χ0n) is 13.6. The van der Waals surface area contributed by atoms with Gasteiger partial charge in [0.25, 0.3) is 0 Å². The minimum atomic E-state index is -0.0305. The van der Waals surface area contributed by atoms with E-state index in [4.69, 9.17) is 4.74 Å². The monoisotopic (exact) mass is 327 g/mol. The predicted octanol–water partition coefficient (Wildman–Crippen LogP) is 4.89. The quantitative estimate of drug-likeness (QED) is 0.580. The lowest BCUT2D eigenvalue weighted by atomic mass is 10.1. The van der Waals surface area contributed by atoms with Gasteiger partial charge in [-0.05, 0) is 56.5 Å². The Morgan fingerprint density at radius 1 is 1.13 bits per heavy atom. The average Bonchev–Trinajstić information content (AvgIpc) is 2.57. The van der Waals surface area contributed by atoms with Gasteiger partial charge in [0.15, 0.2) is 5.78 Å². The first kappa shape index (κ1) is 17.2. The molecule has 0 aliphatic carbocycles. The Bertz CT molecular complexity index is 676. The van der Waals surface area contributed by atoms with Gasteiger partial charge in [-0.1, -0.05) is 17.7 Å². The molecule has 0 amide bonds. The van der Waals surface area contributed by atoms with Crippen molar-refractivity contribution in [2.24, 2.45) is 0 Å². The zero-order chi connectivity index (χ0) is 16.7. The van der Waals surface area contributed by atoms with Crippen LogP contribution in [-0.4, -0.2) is 18.6 Å². The van der Waals surface area contributed by atoms with Crippen molar-refractivity contribution >= 4 is 23.2 Å². The molecule has 0 saturated heterocycles. The van der Waals surface area contributed by atoms with Crippen LogP contribution in [0.4, 0.5) is 5.69 Å². The SMILES string of the molecule is CCOc1ccc(C(=O)/C=C(/Nc2ccc(C)cc2)SC)cc1. The fourth-order valence-electron chi connectivity index (χ4n) is 2.01. The second kappa shape index (κ2) is 8.44. The normalized spacial score (nSPS) is 11.2. The highest BCUT2D eigenvalue weighted by atomic mass is 32.2. The number of aryl methyl sites for hydroxylation is 1. The summed E-state index contributed by atoms with van der Waals surface area (Å²) < 4.78 is 5.39. The number of nitrogens with one attached hydrogen (secondary N) is 1. The highest BCUT2D eigenvalue weighted by molar-refractivity contribution is 8.02. The molecule has 0 aromatic heterocycles. The molecule has 2 rings (SSSR count). The van der Waals surface area contributed by atoms with Crippen LogP contribution in [0.25, 0.3) is 0 Å². The maximum Gasteiger partial charge on any atom is 0.188 e. The number of anilines is 1. The molecule has 1 N–H and O–H groups in total. The van der Waals surface area contributed by atoms with Gasteiger partial charge in [0.1, 0.15) is 5.75 Å². The van der Waals surface area contributed by atoms with E-state index >= 15 is 0 Å². The van der Waals surface area contributed by atoms with E-state index < -0.39 is 0 Å². The van der Waals surface area contributed by atoms with E-state index in [1.807, 2.05) is 56.5 Å². The van der Waals surface area contributed by atoms with Crippen molar-refractivity contribution in [2.75, 3.05) is 18.2 Å². The molecule has 4 heteroatoms. The number of rotatable bonds is 7. The second-order valence-corrected chi connectivity index (χ2v) is 5.87. The Kier molecular flexibility index (Phi) is 6.29. The molecule has 0 radical (unpaired) electrons. The Hall–Kier alpha value is -2.20. The van der Waals surface area contributed by atoms with E-state index in [1.54, 1.807) is 18.2 Å². The molecule has 0 aliphatic rings. The van der Waals surface area contributed by atoms with Crippen LogP contribution in [0.1, 0.15) is 22.8 Å². The van der Waals surface area contributed by atoms with Gasteiger partial charge in [0, 0.05) is 17.3 Å². The van der Waals surface area contributed by atoms with Gasteiger partial charge in [-0.3, -0.25) is 4.79 Å². The molecule has 2 aromatic carbocycles. The zero-order valence-corrected chi connectivity index (χ0v) is 14.4. The number of thioether (sulfide) groups is 1. The molecule has 0 bridgehead atoms. The number of carbonyl (C=O) groups is 1. The lowest BCUT2D eigenvalue weighted by Crippen LogP contribution is -2.01. The van der Waals surface area contributed by atoms with Gasteiger partial charge >= 0.3 is 0 Å². The first-order chi connectivity index (χ1) is 11.1. The van der Waals surface area contributed by atoms with Gasteiger partial charge in [-0.2, -0.15) is 0 Å². The van der Waals surface area contributed by atoms with Crippen molar-refractivity contribution < 1.29 is 9.53 Å². The molecule has 0 aliphatic heterocycles. The van der Waals surface area contributed by atoms with Crippen LogP contribution in [0.15, 0.2) is 59.6 Å². The van der Waals surface area contributed by atoms with Gasteiger partial charge in [-0.15, -0.1) is 11.8 Å². The van der Waals surface area contributed by atoms with E-state index in [9.17, 15) is 4.79 Å². The Labute approximate surface area is 141 Å². The van der Waals surface area contributed by atoms with Crippen molar-refractivity contribution in [1.29, 1.82) is 0 Å². The van der Waals surface area contributed by atoms with Crippen LogP contribution < -0.4 is 10.1 Å². The summed E-state index contributed by atoms with van der Waals surface area (Å²) in [6, 6.07) is 15.3. The third-order valence-electron chi connectivity index (χ3n) is 3.25. The summed E-state index contributed by atoms with van der Waals surface area (Å²) in [4.78, 5) is 12.4. The summed E-state index contributed by atoms with van der Waals surface area (Å²) in [5.41, 5.74) is 2.82. The lowest BCUT2D eigenvalue weighted by molar-refractivity contribution is 0.104. The molecule has 0 atom stereocenters. The molecule has 0 fully saturated rings. The molecule has 0 spiro atoms. The molecule has 3 nitrogen and oxygen atoms in total. The number of allylic oxidation sites excluding steroid dienone is 1. The van der Waals surface area contributed by atoms with Crippen molar-refractivity contribution in [3.05, 3.63) is 70.8 Å². The molecule has 120 valence electrons. The van der Waals surface area contributed by atoms with Crippen molar-refractivity contribution in [2.45, 2.75) is 13.8 Å². The van der Waals surface area contributed by atoms with E-state index in [1.165, 1.54) is 17.3 Å². The molecule has 0 saturated carbocycles. The number of ether oxygens (including phenoxy) is 1. The third-order valence-corrected chi connectivity index (χ3v) is 3.91. The van der Waals surface area contributed by atoms with Crippen LogP contribution in [0.5, 0.6) is 5.75 Å². The second-order valence-electron chi connectivity index (χ2n) is 5.03. The predicted molar refractivity (Wildman–Crippen MR) is 98.3 cm³/mol. The molecular weight excluding hydrogens is 306 g/mol. The standard InChI is InChI=1S/C19H21NO2S/c1-4-22-17-11-7-15(8-12-17)18(21)13-19(23-3)20-16-9-5-14(2)6-10-16/h5-13,20H,4H2,1-3H3/b19-13-. The first-order valence-corrected chi connectivity index (χ1v) is 8.71. The van der Waals surface area contributed by atoms with E-state index in [2.05, 4.69) is 5.32 Å². The summed E-state index contributed by atoms with van der Waals surface area (Å²) >= 11 is 1.51. The number of hydrogen-bond acceptors (Lipinski definition) is 4. The maximum atomic E-state index is 12.4. The molecule has 0 unspecified atom stereocenters. The molecule has 23 heavy (non-hydrogen) atoms. The molecular formula is C19H21NO2S. The minimum absolute atomic E-state index is 0.0305. The summed E-state index contributed by atoms with van der Waals surface area (Å²) in [6.45, 7) is 4.60. The number of benzene rings is 2. The number of ketones is 1. The van der Waals surface area contributed by atoms with Crippen LogP contribution in [-0.2, 0) is 0 Å². The third kappa shape index (κ3) is 5.18. The summed E-state index contributed by atoms with van der Waals surface area (Å²) in [5, 5.41) is 4.08. The lowest BCUT2D eigenvalue weighted by Gasteiger charge is -2.09. The summed E-state index contributed by atoms with van der Waals surface area (Å²) in [7, 11) is 0. The smallest absolute Gasteiger partial charge is 0.188 e. The van der Waals surface area contributed by atoms with E-state index in [-0.39, 0.29) is 5.78 Å². The van der Waals surface area contributed by atoms with E-state index in [0.717, 1.165) is 16.5 Å². The fourth-order valence-corrected chi connectivity index (χ4v) is 2.45. The first-order valence-electron chi connectivity index (χ1n) is 7.49. The fraction of sp³-hybridized carbons (Fsp3) is 0.211. The van der Waals surface area contributed by atoms with Gasteiger partial charge in [-0.25, -0.2) is 0 Å².